The van der Waals surface area contributed by atoms with Gasteiger partial charge in [0, 0.05) is 0 Å². The topological polar surface area (TPSA) is 26.3 Å². The van der Waals surface area contributed by atoms with E-state index in [9.17, 15) is 4.79 Å². The summed E-state index contributed by atoms with van der Waals surface area (Å²) in [6.07, 6.45) is 1.58. The van der Waals surface area contributed by atoms with Crippen LogP contribution < -0.4 is 0 Å². The summed E-state index contributed by atoms with van der Waals surface area (Å²) in [6.45, 7) is 6.39. The molecule has 0 radical (unpaired) electrons. The lowest BCUT2D eigenvalue weighted by Gasteiger charge is -2.24. The summed E-state index contributed by atoms with van der Waals surface area (Å²) in [5.41, 5.74) is 0.670. The molecule has 0 aliphatic rings. The van der Waals surface area contributed by atoms with Gasteiger partial charge in [-0.05, 0) is 63.7 Å². The van der Waals surface area contributed by atoms with E-state index in [1.54, 1.807) is 0 Å². The molecule has 0 saturated heterocycles. The number of carbonyl (C=O) groups excluding carboxylic acids is 1. The number of carbonyl (C=O) groups is 1. The van der Waals surface area contributed by atoms with Crippen molar-refractivity contribution in [2.75, 3.05) is 0 Å². The highest BCUT2D eigenvalue weighted by molar-refractivity contribution is 6.23. The first-order valence-electron chi connectivity index (χ1n) is 9.40. The molecule has 0 heterocycles. The Kier molecular flexibility index (Phi) is 4.07. The molecule has 2 heteroatoms. The lowest BCUT2D eigenvalue weighted by Crippen LogP contribution is -2.28. The molecule has 0 aliphatic heterocycles. The van der Waals surface area contributed by atoms with Crippen LogP contribution in [0.25, 0.3) is 32.3 Å². The third kappa shape index (κ3) is 2.52. The predicted molar refractivity (Wildman–Crippen MR) is 109 cm³/mol. The second-order valence-electron chi connectivity index (χ2n) is 7.43. The van der Waals surface area contributed by atoms with Gasteiger partial charge in [-0.3, -0.25) is 4.79 Å². The largest absolute Gasteiger partial charge is 0.460 e. The number of esters is 1. The first kappa shape index (κ1) is 16.8. The van der Waals surface area contributed by atoms with Crippen molar-refractivity contribution in [3.63, 3.8) is 0 Å². The molecule has 4 rings (SSSR count). The zero-order valence-corrected chi connectivity index (χ0v) is 15.6. The molecule has 4 aromatic rings. The molecule has 2 nitrogen and oxygen atoms in total. The molecule has 0 amide bonds. The van der Waals surface area contributed by atoms with E-state index in [2.05, 4.69) is 54.6 Å². The zero-order valence-electron chi connectivity index (χ0n) is 15.6. The molecule has 0 bridgehead atoms. The average molecular weight is 344 g/mol. The first-order chi connectivity index (χ1) is 12.6. The van der Waals surface area contributed by atoms with E-state index in [4.69, 9.17) is 4.74 Å². The quantitative estimate of drug-likeness (QED) is 0.307. The van der Waals surface area contributed by atoms with Crippen molar-refractivity contribution in [3.8, 4) is 0 Å². The van der Waals surface area contributed by atoms with Crippen LogP contribution in [0.2, 0.25) is 0 Å². The Labute approximate surface area is 154 Å². The van der Waals surface area contributed by atoms with Gasteiger partial charge < -0.3 is 4.74 Å². The molecular weight excluding hydrogens is 320 g/mol. The fraction of sp³-hybridized carbons (Fsp3) is 0.292. The van der Waals surface area contributed by atoms with Gasteiger partial charge in [-0.25, -0.2) is 0 Å². The van der Waals surface area contributed by atoms with Crippen LogP contribution in [0.5, 0.6) is 0 Å². The summed E-state index contributed by atoms with van der Waals surface area (Å²) in [6, 6.07) is 19.3. The van der Waals surface area contributed by atoms with Gasteiger partial charge in [0.1, 0.15) is 6.61 Å². The smallest absolute Gasteiger partial charge is 0.312 e. The maximum Gasteiger partial charge on any atom is 0.312 e. The molecule has 26 heavy (non-hydrogen) atoms. The second-order valence-corrected chi connectivity index (χ2v) is 7.43. The zero-order chi connectivity index (χ0) is 18.3. The number of hydrogen-bond donors (Lipinski definition) is 0. The SMILES string of the molecule is CCC(C)(CC)C(=O)OCc1cc2cccc3ccc4cccc1c4c32. The summed E-state index contributed by atoms with van der Waals surface area (Å²) in [5, 5.41) is 7.41. The van der Waals surface area contributed by atoms with Crippen LogP contribution in [0.1, 0.15) is 39.2 Å². The fourth-order valence-electron chi connectivity index (χ4n) is 3.81. The highest BCUT2D eigenvalue weighted by Gasteiger charge is 2.31. The molecule has 0 aliphatic carbocycles. The lowest BCUT2D eigenvalue weighted by molar-refractivity contribution is -0.156. The Morgan fingerprint density at radius 1 is 0.885 bits per heavy atom. The van der Waals surface area contributed by atoms with Crippen LogP contribution >= 0.6 is 0 Å². The first-order valence-corrected chi connectivity index (χ1v) is 9.40. The van der Waals surface area contributed by atoms with E-state index in [0.717, 1.165) is 18.4 Å². The van der Waals surface area contributed by atoms with Gasteiger partial charge in [0.25, 0.3) is 0 Å². The molecule has 0 unspecified atom stereocenters. The van der Waals surface area contributed by atoms with E-state index in [1.807, 2.05) is 20.8 Å². The van der Waals surface area contributed by atoms with Gasteiger partial charge in [-0.1, -0.05) is 62.4 Å². The third-order valence-electron chi connectivity index (χ3n) is 6.01. The van der Waals surface area contributed by atoms with Crippen LogP contribution in [-0.4, -0.2) is 5.97 Å². The van der Waals surface area contributed by atoms with Crippen molar-refractivity contribution in [1.82, 2.24) is 0 Å². The molecule has 132 valence electrons. The second kappa shape index (κ2) is 6.28. The van der Waals surface area contributed by atoms with Crippen molar-refractivity contribution in [2.24, 2.45) is 5.41 Å². The van der Waals surface area contributed by atoms with Gasteiger partial charge >= 0.3 is 5.97 Å². The fourth-order valence-corrected chi connectivity index (χ4v) is 3.81. The standard InChI is InChI=1S/C24H24O2/c1-4-24(3,5-2)23(25)26-15-19-14-18-10-6-8-16-12-13-17-9-7-11-20(19)22(17)21(16)18/h6-14H,4-5,15H2,1-3H3. The van der Waals surface area contributed by atoms with Crippen LogP contribution in [-0.2, 0) is 16.1 Å². The van der Waals surface area contributed by atoms with Gasteiger partial charge in [-0.15, -0.1) is 0 Å². The molecule has 0 fully saturated rings. The summed E-state index contributed by atoms with van der Waals surface area (Å²) in [7, 11) is 0. The highest BCUT2D eigenvalue weighted by Crippen LogP contribution is 2.37. The van der Waals surface area contributed by atoms with Crippen molar-refractivity contribution >= 4 is 38.3 Å². The monoisotopic (exact) mass is 344 g/mol. The maximum absolute atomic E-state index is 12.6. The van der Waals surface area contributed by atoms with Gasteiger partial charge in [0.2, 0.25) is 0 Å². The predicted octanol–water partition coefficient (Wildman–Crippen LogP) is 6.45. The van der Waals surface area contributed by atoms with Gasteiger partial charge in [0.05, 0.1) is 5.41 Å². The van der Waals surface area contributed by atoms with Crippen molar-refractivity contribution < 1.29 is 9.53 Å². The third-order valence-corrected chi connectivity index (χ3v) is 6.01. The lowest BCUT2D eigenvalue weighted by atomic mass is 9.85. The van der Waals surface area contributed by atoms with Crippen molar-refractivity contribution in [3.05, 3.63) is 60.2 Å². The minimum atomic E-state index is -0.404. The Morgan fingerprint density at radius 2 is 1.50 bits per heavy atom. The van der Waals surface area contributed by atoms with E-state index in [1.165, 1.54) is 32.3 Å². The summed E-state index contributed by atoms with van der Waals surface area (Å²) in [5.74, 6) is -0.104. The number of hydrogen-bond acceptors (Lipinski definition) is 2. The Balaban J connectivity index is 1.82. The summed E-state index contributed by atoms with van der Waals surface area (Å²) in [4.78, 5) is 12.6. The molecule has 0 atom stereocenters. The Morgan fingerprint density at radius 3 is 2.19 bits per heavy atom. The molecule has 4 aromatic carbocycles. The summed E-state index contributed by atoms with van der Waals surface area (Å²) < 4.78 is 5.76. The normalized spacial score (nSPS) is 12.3. The van der Waals surface area contributed by atoms with Gasteiger partial charge in [0.15, 0.2) is 0 Å². The maximum atomic E-state index is 12.6. The molecule has 0 saturated carbocycles. The number of ether oxygens (including phenoxy) is 1. The van der Waals surface area contributed by atoms with Gasteiger partial charge in [-0.2, -0.15) is 0 Å². The number of rotatable bonds is 5. The molecule has 0 spiro atoms. The van der Waals surface area contributed by atoms with E-state index < -0.39 is 5.41 Å². The van der Waals surface area contributed by atoms with Crippen LogP contribution in [0.15, 0.2) is 54.6 Å². The van der Waals surface area contributed by atoms with Crippen LogP contribution in [0, 0.1) is 5.41 Å². The van der Waals surface area contributed by atoms with E-state index in [-0.39, 0.29) is 5.97 Å². The van der Waals surface area contributed by atoms with Crippen LogP contribution in [0.4, 0.5) is 0 Å². The van der Waals surface area contributed by atoms with Crippen LogP contribution in [0.3, 0.4) is 0 Å². The highest BCUT2D eigenvalue weighted by atomic mass is 16.5. The minimum Gasteiger partial charge on any atom is -0.460 e. The molecule has 0 N–H and O–H groups in total. The van der Waals surface area contributed by atoms with Crippen molar-refractivity contribution in [1.29, 1.82) is 0 Å². The van der Waals surface area contributed by atoms with Crippen molar-refractivity contribution in [2.45, 2.75) is 40.2 Å². The number of benzene rings is 4. The summed E-state index contributed by atoms with van der Waals surface area (Å²) >= 11 is 0. The molecular formula is C24H24O2. The Bertz CT molecular complexity index is 1090. The van der Waals surface area contributed by atoms with E-state index in [0.29, 0.717) is 6.61 Å². The average Bonchev–Trinajstić information content (AvgIpc) is 2.69. The Hall–Kier alpha value is -2.61. The van der Waals surface area contributed by atoms with E-state index >= 15 is 0 Å². The minimum absolute atomic E-state index is 0.104. The molecule has 0 aromatic heterocycles.